The zero-order valence-corrected chi connectivity index (χ0v) is 15.3. The number of carbonyl (C=O) groups excluding carboxylic acids is 2. The lowest BCUT2D eigenvalue weighted by Crippen LogP contribution is -2.40. The van der Waals surface area contributed by atoms with Gasteiger partial charge in [-0.3, -0.25) is 9.69 Å². The Bertz CT molecular complexity index is 1030. The first-order valence-corrected chi connectivity index (χ1v) is 9.15. The fourth-order valence-electron chi connectivity index (χ4n) is 3.13. The zero-order valence-electron chi connectivity index (χ0n) is 13.8. The number of benzene rings is 2. The number of hydrogen-bond acceptors (Lipinski definition) is 3. The maximum atomic E-state index is 13.2. The predicted molar refractivity (Wildman–Crippen MR) is 99.7 cm³/mol. The second-order valence-corrected chi connectivity index (χ2v) is 7.80. The van der Waals surface area contributed by atoms with Crippen LogP contribution >= 0.6 is 22.9 Å². The van der Waals surface area contributed by atoms with Crippen LogP contribution in [0.5, 0.6) is 0 Å². The van der Waals surface area contributed by atoms with Crippen molar-refractivity contribution in [1.82, 2.24) is 10.2 Å². The molecule has 7 heteroatoms. The van der Waals surface area contributed by atoms with Crippen LogP contribution in [0.3, 0.4) is 0 Å². The summed E-state index contributed by atoms with van der Waals surface area (Å²) >= 11 is 7.89. The van der Waals surface area contributed by atoms with Gasteiger partial charge in [0.25, 0.3) is 5.91 Å². The molecule has 0 radical (unpaired) electrons. The van der Waals surface area contributed by atoms with Crippen molar-refractivity contribution >= 4 is 45.0 Å². The van der Waals surface area contributed by atoms with E-state index in [4.69, 9.17) is 11.6 Å². The van der Waals surface area contributed by atoms with E-state index in [1.807, 2.05) is 24.3 Å². The lowest BCUT2D eigenvalue weighted by atomic mass is 9.92. The smallest absolute Gasteiger partial charge is 0.319 e. The zero-order chi connectivity index (χ0) is 18.5. The van der Waals surface area contributed by atoms with Crippen LogP contribution in [0.1, 0.15) is 17.4 Å². The van der Waals surface area contributed by atoms with E-state index in [-0.39, 0.29) is 12.5 Å². The van der Waals surface area contributed by atoms with Gasteiger partial charge in [0.15, 0.2) is 0 Å². The van der Waals surface area contributed by atoms with E-state index in [1.165, 1.54) is 35.6 Å². The van der Waals surface area contributed by atoms with Crippen LogP contribution < -0.4 is 5.32 Å². The van der Waals surface area contributed by atoms with Crippen molar-refractivity contribution < 1.29 is 14.0 Å². The summed E-state index contributed by atoms with van der Waals surface area (Å²) in [5, 5.41) is 4.18. The third-order valence-corrected chi connectivity index (χ3v) is 6.30. The number of fused-ring (bicyclic) bond motifs is 1. The van der Waals surface area contributed by atoms with Gasteiger partial charge in [0.1, 0.15) is 11.4 Å². The number of nitrogens with zero attached hydrogens (tertiary/aromatic N) is 1. The molecule has 0 bridgehead atoms. The summed E-state index contributed by atoms with van der Waals surface area (Å²) < 4.78 is 14.2. The Morgan fingerprint density at radius 2 is 1.85 bits per heavy atom. The Morgan fingerprint density at radius 1 is 1.15 bits per heavy atom. The van der Waals surface area contributed by atoms with E-state index in [9.17, 15) is 14.0 Å². The van der Waals surface area contributed by atoms with Gasteiger partial charge in [-0.25, -0.2) is 9.18 Å². The van der Waals surface area contributed by atoms with Crippen LogP contribution in [0.2, 0.25) is 5.02 Å². The van der Waals surface area contributed by atoms with Crippen LogP contribution in [0.25, 0.3) is 10.1 Å². The van der Waals surface area contributed by atoms with Gasteiger partial charge < -0.3 is 5.32 Å². The van der Waals surface area contributed by atoms with Gasteiger partial charge in [-0.15, -0.1) is 11.3 Å². The number of urea groups is 1. The molecule has 1 aromatic heterocycles. The molecule has 26 heavy (non-hydrogen) atoms. The van der Waals surface area contributed by atoms with Crippen molar-refractivity contribution in [2.45, 2.75) is 19.0 Å². The lowest BCUT2D eigenvalue weighted by molar-refractivity contribution is -0.131. The van der Waals surface area contributed by atoms with Gasteiger partial charge in [0, 0.05) is 15.0 Å². The molecule has 1 saturated heterocycles. The molecule has 2 aromatic carbocycles. The van der Waals surface area contributed by atoms with Gasteiger partial charge in [0.2, 0.25) is 0 Å². The summed E-state index contributed by atoms with van der Waals surface area (Å²) in [6.07, 6.45) is 0. The highest BCUT2D eigenvalue weighted by atomic mass is 35.5. The molecular formula is C19H14ClFN2O2S. The molecular weight excluding hydrogens is 375 g/mol. The molecule has 1 atom stereocenters. The predicted octanol–water partition coefficient (Wildman–Crippen LogP) is 4.66. The summed E-state index contributed by atoms with van der Waals surface area (Å²) in [4.78, 5) is 27.3. The first-order valence-electron chi connectivity index (χ1n) is 7.96. The molecule has 0 aliphatic carbocycles. The third kappa shape index (κ3) is 2.57. The first kappa shape index (κ1) is 17.0. The Kier molecular flexibility index (Phi) is 3.97. The highest BCUT2D eigenvalue weighted by Gasteiger charge is 2.49. The van der Waals surface area contributed by atoms with Crippen molar-refractivity contribution in [3.63, 3.8) is 0 Å². The van der Waals surface area contributed by atoms with Crippen molar-refractivity contribution in [2.75, 3.05) is 0 Å². The molecule has 4 nitrogen and oxygen atoms in total. The number of amides is 3. The van der Waals surface area contributed by atoms with Gasteiger partial charge >= 0.3 is 6.03 Å². The van der Waals surface area contributed by atoms with E-state index in [1.54, 1.807) is 6.92 Å². The average molecular weight is 389 g/mol. The minimum atomic E-state index is -1.23. The molecule has 1 fully saturated rings. The average Bonchev–Trinajstić information content (AvgIpc) is 3.06. The molecule has 0 saturated carbocycles. The van der Waals surface area contributed by atoms with Gasteiger partial charge in [-0.05, 0) is 30.7 Å². The Balaban J connectivity index is 1.67. The number of rotatable bonds is 3. The molecule has 2 heterocycles. The largest absolute Gasteiger partial charge is 0.325 e. The molecule has 1 unspecified atom stereocenters. The van der Waals surface area contributed by atoms with E-state index in [0.717, 1.165) is 19.9 Å². The second kappa shape index (κ2) is 6.07. The molecule has 0 spiro atoms. The summed E-state index contributed by atoms with van der Waals surface area (Å²) in [7, 11) is 0. The third-order valence-electron chi connectivity index (χ3n) is 4.60. The second-order valence-electron chi connectivity index (χ2n) is 6.29. The molecule has 1 aliphatic rings. The van der Waals surface area contributed by atoms with E-state index in [0.29, 0.717) is 10.6 Å². The van der Waals surface area contributed by atoms with Crippen molar-refractivity contribution in [3.05, 3.63) is 69.8 Å². The highest BCUT2D eigenvalue weighted by molar-refractivity contribution is 7.19. The van der Waals surface area contributed by atoms with Crippen LogP contribution in [-0.2, 0) is 16.9 Å². The number of halogens is 2. The molecule has 132 valence electrons. The minimum absolute atomic E-state index is 0.0969. The Hall–Kier alpha value is -2.44. The topological polar surface area (TPSA) is 49.4 Å². The summed E-state index contributed by atoms with van der Waals surface area (Å²) in [6, 6.07) is 12.7. The van der Waals surface area contributed by atoms with E-state index < -0.39 is 17.4 Å². The number of hydrogen-bond donors (Lipinski definition) is 1. The number of imide groups is 1. The lowest BCUT2D eigenvalue weighted by Gasteiger charge is -2.22. The Morgan fingerprint density at radius 3 is 2.54 bits per heavy atom. The number of nitrogens with one attached hydrogen (secondary N) is 1. The van der Waals surface area contributed by atoms with Gasteiger partial charge in [-0.2, -0.15) is 0 Å². The fraction of sp³-hybridized carbons (Fsp3) is 0.158. The van der Waals surface area contributed by atoms with Crippen LogP contribution in [-0.4, -0.2) is 16.8 Å². The summed E-state index contributed by atoms with van der Waals surface area (Å²) in [5.41, 5.74) is -0.698. The summed E-state index contributed by atoms with van der Waals surface area (Å²) in [5.74, 6) is -0.786. The quantitative estimate of drug-likeness (QED) is 0.663. The van der Waals surface area contributed by atoms with E-state index >= 15 is 0 Å². The minimum Gasteiger partial charge on any atom is -0.319 e. The SMILES string of the molecule is CC1(c2ccc(F)cc2)NC(=O)N(Cc2sc3ccccc3c2Cl)C1=O. The maximum absolute atomic E-state index is 13.2. The Labute approximate surface area is 158 Å². The standard InChI is InChI=1S/C19H14ClFN2O2S/c1-19(11-6-8-12(21)9-7-11)17(24)23(18(25)22-19)10-15-16(20)13-4-2-3-5-14(13)26-15/h2-9H,10H2,1H3,(H,22,25). The van der Waals surface area contributed by atoms with Gasteiger partial charge in [-0.1, -0.05) is 41.9 Å². The molecule has 4 rings (SSSR count). The van der Waals surface area contributed by atoms with Crippen molar-refractivity contribution in [1.29, 1.82) is 0 Å². The normalized spacial score (nSPS) is 20.0. The highest BCUT2D eigenvalue weighted by Crippen LogP contribution is 2.37. The van der Waals surface area contributed by atoms with Crippen molar-refractivity contribution in [3.8, 4) is 0 Å². The molecule has 3 amide bonds. The molecule has 1 aliphatic heterocycles. The van der Waals surface area contributed by atoms with Gasteiger partial charge in [0.05, 0.1) is 11.6 Å². The fourth-order valence-corrected chi connectivity index (χ4v) is 4.61. The van der Waals surface area contributed by atoms with Crippen molar-refractivity contribution in [2.24, 2.45) is 0 Å². The number of carbonyl (C=O) groups is 2. The molecule has 1 N–H and O–H groups in total. The van der Waals surface area contributed by atoms with E-state index in [2.05, 4.69) is 5.32 Å². The first-order chi connectivity index (χ1) is 12.4. The van der Waals surface area contributed by atoms with Crippen LogP contribution in [0, 0.1) is 5.82 Å². The maximum Gasteiger partial charge on any atom is 0.325 e. The number of thiophene rings is 1. The summed E-state index contributed by atoms with van der Waals surface area (Å²) in [6.45, 7) is 1.71. The van der Waals surface area contributed by atoms with Crippen LogP contribution in [0.15, 0.2) is 48.5 Å². The van der Waals surface area contributed by atoms with Crippen LogP contribution in [0.4, 0.5) is 9.18 Å². The molecule has 3 aromatic rings. The monoisotopic (exact) mass is 388 g/mol.